The van der Waals surface area contributed by atoms with Crippen LogP contribution >= 0.6 is 11.6 Å². The van der Waals surface area contributed by atoms with Crippen LogP contribution in [0.1, 0.15) is 5.56 Å². The van der Waals surface area contributed by atoms with E-state index in [0.717, 1.165) is 0 Å². The van der Waals surface area contributed by atoms with Crippen molar-refractivity contribution < 1.29 is 13.9 Å². The van der Waals surface area contributed by atoms with E-state index >= 15 is 0 Å². The molecule has 2 aromatic rings. The van der Waals surface area contributed by atoms with Crippen LogP contribution in [0.15, 0.2) is 30.5 Å². The third-order valence-electron chi connectivity index (χ3n) is 2.29. The predicted octanol–water partition coefficient (Wildman–Crippen LogP) is 2.97. The largest absolute Gasteiger partial charge is 0.390 e. The molecule has 0 amide bonds. The van der Waals surface area contributed by atoms with Crippen molar-refractivity contribution in [3.63, 3.8) is 0 Å². The summed E-state index contributed by atoms with van der Waals surface area (Å²) >= 11 is 5.74. The first-order valence-electron chi connectivity index (χ1n) is 4.58. The van der Waals surface area contributed by atoms with E-state index in [-0.39, 0.29) is 10.5 Å². The molecule has 1 heterocycles. The number of hydrogen-bond acceptors (Lipinski definition) is 2. The number of halogens is 3. The van der Waals surface area contributed by atoms with E-state index in [2.05, 4.69) is 4.98 Å². The van der Waals surface area contributed by atoms with Crippen LogP contribution in [0.25, 0.3) is 10.9 Å². The third kappa shape index (κ3) is 1.74. The molecule has 0 aliphatic rings. The van der Waals surface area contributed by atoms with Crippen molar-refractivity contribution in [1.82, 2.24) is 4.98 Å². The van der Waals surface area contributed by atoms with Crippen LogP contribution in [0.4, 0.5) is 8.78 Å². The van der Waals surface area contributed by atoms with Gasteiger partial charge in [-0.15, -0.1) is 0 Å². The first-order chi connectivity index (χ1) is 7.56. The second-order valence-corrected chi connectivity index (χ2v) is 3.77. The number of alkyl halides is 2. The Morgan fingerprint density at radius 3 is 2.75 bits per heavy atom. The highest BCUT2D eigenvalue weighted by Crippen LogP contribution is 2.37. The molecule has 0 saturated carbocycles. The Kier molecular flexibility index (Phi) is 2.78. The van der Waals surface area contributed by atoms with Crippen LogP contribution in [-0.4, -0.2) is 16.7 Å². The lowest BCUT2D eigenvalue weighted by atomic mass is 10.0. The summed E-state index contributed by atoms with van der Waals surface area (Å²) in [5, 5.41) is 9.17. The summed E-state index contributed by atoms with van der Waals surface area (Å²) in [4.78, 5) is 3.88. The van der Waals surface area contributed by atoms with Crippen LogP contribution < -0.4 is 0 Å². The monoisotopic (exact) mass is 243 g/mol. The van der Waals surface area contributed by atoms with Gasteiger partial charge in [0.25, 0.3) is 5.92 Å². The molecule has 1 aromatic heterocycles. The van der Waals surface area contributed by atoms with Gasteiger partial charge in [0.1, 0.15) is 6.61 Å². The van der Waals surface area contributed by atoms with Crippen molar-refractivity contribution in [3.05, 3.63) is 41.0 Å². The summed E-state index contributed by atoms with van der Waals surface area (Å²) in [7, 11) is 0. The summed E-state index contributed by atoms with van der Waals surface area (Å²) < 4.78 is 27.0. The maximum absolute atomic E-state index is 13.5. The van der Waals surface area contributed by atoms with Gasteiger partial charge in [-0.05, 0) is 12.1 Å². The van der Waals surface area contributed by atoms with Crippen LogP contribution in [0.5, 0.6) is 0 Å². The standard InChI is InChI=1S/C11H8ClF2NO/c12-8-4-3-7-2-1-5-15-10(7)9(8)11(13,14)6-16/h1-5,16H,6H2. The second kappa shape index (κ2) is 3.96. The number of aromatic nitrogens is 1. The fourth-order valence-electron chi connectivity index (χ4n) is 1.55. The molecule has 0 aliphatic carbocycles. The zero-order valence-corrected chi connectivity index (χ0v) is 8.88. The number of pyridine rings is 1. The maximum atomic E-state index is 13.5. The Balaban J connectivity index is 2.81. The van der Waals surface area contributed by atoms with E-state index in [9.17, 15) is 8.78 Å². The summed E-state index contributed by atoms with van der Waals surface area (Å²) in [5.41, 5.74) is -0.302. The molecule has 1 aromatic carbocycles. The molecule has 2 nitrogen and oxygen atoms in total. The fraction of sp³-hybridized carbons (Fsp3) is 0.182. The normalized spacial score (nSPS) is 12.0. The minimum Gasteiger partial charge on any atom is -0.390 e. The van der Waals surface area contributed by atoms with Crippen LogP contribution in [-0.2, 0) is 5.92 Å². The number of fused-ring (bicyclic) bond motifs is 1. The zero-order valence-electron chi connectivity index (χ0n) is 8.12. The van der Waals surface area contributed by atoms with Gasteiger partial charge in [0.05, 0.1) is 16.1 Å². The summed E-state index contributed by atoms with van der Waals surface area (Å²) in [6.45, 7) is -1.29. The SMILES string of the molecule is OCC(F)(F)c1c(Cl)ccc2cccnc12. The van der Waals surface area contributed by atoms with Crippen LogP contribution in [0.2, 0.25) is 5.02 Å². The Morgan fingerprint density at radius 1 is 1.31 bits per heavy atom. The van der Waals surface area contributed by atoms with Gasteiger partial charge in [-0.25, -0.2) is 0 Å². The van der Waals surface area contributed by atoms with Gasteiger partial charge < -0.3 is 5.11 Å². The molecule has 0 fully saturated rings. The smallest absolute Gasteiger partial charge is 0.299 e. The average molecular weight is 244 g/mol. The van der Waals surface area contributed by atoms with Crippen molar-refractivity contribution >= 4 is 22.5 Å². The molecule has 0 saturated heterocycles. The topological polar surface area (TPSA) is 33.1 Å². The van der Waals surface area contributed by atoms with Crippen molar-refractivity contribution in [2.75, 3.05) is 6.61 Å². The average Bonchev–Trinajstić information content (AvgIpc) is 2.28. The van der Waals surface area contributed by atoms with Gasteiger partial charge in [-0.1, -0.05) is 23.7 Å². The van der Waals surface area contributed by atoms with E-state index in [1.165, 1.54) is 12.3 Å². The molecule has 0 unspecified atom stereocenters. The van der Waals surface area contributed by atoms with Gasteiger partial charge in [0.2, 0.25) is 0 Å². The molecular formula is C11H8ClF2NO. The van der Waals surface area contributed by atoms with Crippen LogP contribution in [0, 0.1) is 0 Å². The predicted molar refractivity (Wildman–Crippen MR) is 57.7 cm³/mol. The highest BCUT2D eigenvalue weighted by molar-refractivity contribution is 6.32. The molecule has 0 spiro atoms. The number of nitrogens with zero attached hydrogens (tertiary/aromatic N) is 1. The minimum absolute atomic E-state index is 0.0924. The molecule has 5 heteroatoms. The molecule has 84 valence electrons. The zero-order chi connectivity index (χ0) is 11.8. The third-order valence-corrected chi connectivity index (χ3v) is 2.60. The molecular weight excluding hydrogens is 236 g/mol. The highest BCUT2D eigenvalue weighted by atomic mass is 35.5. The number of rotatable bonds is 2. The van der Waals surface area contributed by atoms with Crippen LogP contribution in [0.3, 0.4) is 0 Å². The quantitative estimate of drug-likeness (QED) is 0.880. The Hall–Kier alpha value is -1.26. The molecule has 1 N–H and O–H groups in total. The Labute approximate surface area is 95.5 Å². The molecule has 0 bridgehead atoms. The lowest BCUT2D eigenvalue weighted by Gasteiger charge is -2.16. The first-order valence-corrected chi connectivity index (χ1v) is 4.96. The lowest BCUT2D eigenvalue weighted by Crippen LogP contribution is -2.19. The maximum Gasteiger partial charge on any atom is 0.299 e. The first kappa shape index (κ1) is 11.2. The van der Waals surface area contributed by atoms with Gasteiger partial charge >= 0.3 is 0 Å². The number of benzene rings is 1. The van der Waals surface area contributed by atoms with Gasteiger partial charge in [0.15, 0.2) is 0 Å². The van der Waals surface area contributed by atoms with Gasteiger partial charge in [-0.2, -0.15) is 8.78 Å². The molecule has 2 rings (SSSR count). The van der Waals surface area contributed by atoms with Crippen molar-refractivity contribution in [3.8, 4) is 0 Å². The van der Waals surface area contributed by atoms with Gasteiger partial charge in [0, 0.05) is 11.6 Å². The Morgan fingerprint density at radius 2 is 2.06 bits per heavy atom. The van der Waals surface area contributed by atoms with Crippen molar-refractivity contribution in [1.29, 1.82) is 0 Å². The summed E-state index contributed by atoms with van der Waals surface area (Å²) in [6, 6.07) is 6.30. The van der Waals surface area contributed by atoms with Crippen molar-refractivity contribution in [2.45, 2.75) is 5.92 Å². The van der Waals surface area contributed by atoms with E-state index in [4.69, 9.17) is 16.7 Å². The summed E-state index contributed by atoms with van der Waals surface area (Å²) in [6.07, 6.45) is 1.41. The molecule has 0 atom stereocenters. The van der Waals surface area contributed by atoms with E-state index in [1.54, 1.807) is 18.2 Å². The van der Waals surface area contributed by atoms with E-state index in [1.807, 2.05) is 0 Å². The van der Waals surface area contributed by atoms with E-state index < -0.39 is 18.1 Å². The number of aliphatic hydroxyl groups excluding tert-OH is 1. The van der Waals surface area contributed by atoms with E-state index in [0.29, 0.717) is 5.39 Å². The number of aliphatic hydroxyl groups is 1. The lowest BCUT2D eigenvalue weighted by molar-refractivity contribution is -0.0543. The molecule has 0 aliphatic heterocycles. The minimum atomic E-state index is -3.38. The summed E-state index contributed by atoms with van der Waals surface area (Å²) in [5.74, 6) is -3.38. The van der Waals surface area contributed by atoms with Gasteiger partial charge in [-0.3, -0.25) is 4.98 Å². The fourth-order valence-corrected chi connectivity index (χ4v) is 1.84. The molecule has 16 heavy (non-hydrogen) atoms. The second-order valence-electron chi connectivity index (χ2n) is 3.36. The highest BCUT2D eigenvalue weighted by Gasteiger charge is 2.35. The van der Waals surface area contributed by atoms with Crippen molar-refractivity contribution in [2.24, 2.45) is 0 Å². The number of hydrogen-bond donors (Lipinski definition) is 1. The Bertz CT molecular complexity index is 530. The molecule has 0 radical (unpaired) electrons.